The molecule has 4 unspecified atom stereocenters. The van der Waals surface area contributed by atoms with Gasteiger partial charge in [0.05, 0.1) is 5.92 Å². The van der Waals surface area contributed by atoms with Gasteiger partial charge in [-0.3, -0.25) is 9.59 Å². The number of hydrogen-bond donors (Lipinski definition) is 2. The predicted molar refractivity (Wildman–Crippen MR) is 75.1 cm³/mol. The molecule has 2 fully saturated rings. The molecule has 2 saturated carbocycles. The van der Waals surface area contributed by atoms with Crippen LogP contribution in [0.5, 0.6) is 0 Å². The van der Waals surface area contributed by atoms with Crippen molar-refractivity contribution in [1.29, 1.82) is 0 Å². The Balaban J connectivity index is 1.75. The van der Waals surface area contributed by atoms with Crippen LogP contribution in [0, 0.1) is 17.8 Å². The minimum Gasteiger partial charge on any atom is -0.481 e. The molecule has 5 nitrogen and oxygen atoms in total. The fourth-order valence-corrected chi connectivity index (χ4v) is 3.82. The molecule has 2 aliphatic rings. The van der Waals surface area contributed by atoms with Crippen LogP contribution in [0.1, 0.15) is 29.8 Å². The Hall–Kier alpha value is -1.43. The van der Waals surface area contributed by atoms with E-state index < -0.39 is 11.9 Å². The van der Waals surface area contributed by atoms with Crippen molar-refractivity contribution in [3.63, 3.8) is 0 Å². The molecule has 0 spiro atoms. The molecule has 0 saturated heterocycles. The zero-order valence-electron chi connectivity index (χ0n) is 10.8. The van der Waals surface area contributed by atoms with Gasteiger partial charge in [-0.1, -0.05) is 0 Å². The highest BCUT2D eigenvalue weighted by atomic mass is 79.9. The summed E-state index contributed by atoms with van der Waals surface area (Å²) in [6.07, 6.45) is 4.44. The summed E-state index contributed by atoms with van der Waals surface area (Å²) in [5.41, 5.74) is 0.320. The summed E-state index contributed by atoms with van der Waals surface area (Å²) in [4.78, 5) is 27.6. The molecule has 3 rings (SSSR count). The van der Waals surface area contributed by atoms with Gasteiger partial charge >= 0.3 is 5.97 Å². The summed E-state index contributed by atoms with van der Waals surface area (Å²) >= 11 is 3.27. The first-order valence-corrected chi connectivity index (χ1v) is 7.51. The highest BCUT2D eigenvalue weighted by molar-refractivity contribution is 9.10. The van der Waals surface area contributed by atoms with E-state index >= 15 is 0 Å². The number of amides is 1. The molecule has 0 radical (unpaired) electrons. The molecule has 106 valence electrons. The van der Waals surface area contributed by atoms with Gasteiger partial charge in [0.2, 0.25) is 0 Å². The summed E-state index contributed by atoms with van der Waals surface area (Å²) < 4.78 is 0.803. The quantitative estimate of drug-likeness (QED) is 0.884. The van der Waals surface area contributed by atoms with Crippen LogP contribution in [0.15, 0.2) is 22.8 Å². The Morgan fingerprint density at radius 3 is 2.70 bits per heavy atom. The average Bonchev–Trinajstić information content (AvgIpc) is 3.00. The number of rotatable bonds is 3. The lowest BCUT2D eigenvalue weighted by molar-refractivity contribution is -0.144. The molecule has 1 heterocycles. The van der Waals surface area contributed by atoms with E-state index in [2.05, 4.69) is 26.2 Å². The predicted octanol–water partition coefficient (Wildman–Crippen LogP) is 2.07. The van der Waals surface area contributed by atoms with Gasteiger partial charge in [-0.15, -0.1) is 0 Å². The molecule has 1 aromatic heterocycles. The summed E-state index contributed by atoms with van der Waals surface area (Å²) in [5, 5.41) is 12.2. The molecule has 2 bridgehead atoms. The van der Waals surface area contributed by atoms with Crippen molar-refractivity contribution in [3.05, 3.63) is 28.5 Å². The van der Waals surface area contributed by atoms with Gasteiger partial charge in [0.25, 0.3) is 5.91 Å². The Morgan fingerprint density at radius 2 is 2.05 bits per heavy atom. The highest BCUT2D eigenvalue weighted by Gasteiger charge is 2.51. The summed E-state index contributed by atoms with van der Waals surface area (Å²) in [6.45, 7) is 0. The zero-order valence-corrected chi connectivity index (χ0v) is 12.3. The maximum absolute atomic E-state index is 12.2. The van der Waals surface area contributed by atoms with Gasteiger partial charge in [-0.25, -0.2) is 4.98 Å². The van der Waals surface area contributed by atoms with Crippen molar-refractivity contribution >= 4 is 27.8 Å². The molecule has 0 aromatic carbocycles. The van der Waals surface area contributed by atoms with Gasteiger partial charge in [0.1, 0.15) is 5.69 Å². The molecular formula is C14H15BrN2O3. The first-order valence-electron chi connectivity index (χ1n) is 6.71. The minimum atomic E-state index is -0.800. The molecule has 4 atom stereocenters. The number of pyridine rings is 1. The summed E-state index contributed by atoms with van der Waals surface area (Å²) in [7, 11) is 0. The van der Waals surface area contributed by atoms with Crippen LogP contribution in [0.4, 0.5) is 0 Å². The Labute approximate surface area is 124 Å². The maximum atomic E-state index is 12.2. The fraction of sp³-hybridized carbons (Fsp3) is 0.500. The van der Waals surface area contributed by atoms with Crippen LogP contribution in [0.25, 0.3) is 0 Å². The molecule has 20 heavy (non-hydrogen) atoms. The van der Waals surface area contributed by atoms with Crippen molar-refractivity contribution in [2.75, 3.05) is 0 Å². The monoisotopic (exact) mass is 338 g/mol. The Bertz CT molecular complexity index is 546. The lowest BCUT2D eigenvalue weighted by Gasteiger charge is -2.28. The lowest BCUT2D eigenvalue weighted by atomic mass is 9.84. The number of carboxylic acids is 1. The number of aliphatic carboxylic acids is 1. The lowest BCUT2D eigenvalue weighted by Crippen LogP contribution is -2.47. The topological polar surface area (TPSA) is 79.3 Å². The largest absolute Gasteiger partial charge is 0.481 e. The number of nitrogens with one attached hydrogen (secondary N) is 1. The van der Waals surface area contributed by atoms with Crippen molar-refractivity contribution in [2.45, 2.75) is 25.3 Å². The van der Waals surface area contributed by atoms with Gasteiger partial charge < -0.3 is 10.4 Å². The smallest absolute Gasteiger partial charge is 0.308 e. The average molecular weight is 339 g/mol. The van der Waals surface area contributed by atoms with E-state index in [0.717, 1.165) is 23.7 Å². The van der Waals surface area contributed by atoms with Crippen molar-refractivity contribution in [1.82, 2.24) is 10.3 Å². The number of carbonyl (C=O) groups is 2. The minimum absolute atomic E-state index is 0.209. The van der Waals surface area contributed by atoms with E-state index in [0.29, 0.717) is 11.6 Å². The van der Waals surface area contributed by atoms with Crippen molar-refractivity contribution in [3.8, 4) is 0 Å². The second-order valence-corrected chi connectivity index (χ2v) is 6.47. The Morgan fingerprint density at radius 1 is 1.30 bits per heavy atom. The van der Waals surface area contributed by atoms with E-state index in [1.54, 1.807) is 18.3 Å². The van der Waals surface area contributed by atoms with E-state index in [4.69, 9.17) is 0 Å². The molecule has 0 aliphatic heterocycles. The van der Waals surface area contributed by atoms with Crippen molar-refractivity contribution < 1.29 is 14.7 Å². The molecule has 2 aliphatic carbocycles. The maximum Gasteiger partial charge on any atom is 0.308 e. The third-order valence-electron chi connectivity index (χ3n) is 4.46. The van der Waals surface area contributed by atoms with Gasteiger partial charge in [0, 0.05) is 16.7 Å². The number of halogens is 1. The van der Waals surface area contributed by atoms with E-state index in [1.165, 1.54) is 0 Å². The van der Waals surface area contributed by atoms with Crippen LogP contribution in [0.3, 0.4) is 0 Å². The first-order chi connectivity index (χ1) is 9.56. The molecule has 2 N–H and O–H groups in total. The summed E-state index contributed by atoms with van der Waals surface area (Å²) in [5.74, 6) is -1.04. The van der Waals surface area contributed by atoms with Crippen LogP contribution >= 0.6 is 15.9 Å². The van der Waals surface area contributed by atoms with E-state index in [-0.39, 0.29) is 17.9 Å². The SMILES string of the molecule is O=C(NC1C2CCC(C2)C1C(=O)O)c1ccc(Br)cn1. The van der Waals surface area contributed by atoms with E-state index in [9.17, 15) is 14.7 Å². The van der Waals surface area contributed by atoms with Gasteiger partial charge in [-0.05, 0) is 59.2 Å². The number of carboxylic acid groups (broad SMARTS) is 1. The zero-order chi connectivity index (χ0) is 14.3. The van der Waals surface area contributed by atoms with Crippen molar-refractivity contribution in [2.24, 2.45) is 17.8 Å². The summed E-state index contributed by atoms with van der Waals surface area (Å²) in [6, 6.07) is 3.11. The van der Waals surface area contributed by atoms with Crippen LogP contribution in [0.2, 0.25) is 0 Å². The molecule has 1 aromatic rings. The number of fused-ring (bicyclic) bond motifs is 2. The standard InChI is InChI=1S/C14H15BrN2O3/c15-9-3-4-10(16-6-9)13(18)17-12-8-2-1-7(5-8)11(12)14(19)20/h3-4,6-8,11-12H,1-2,5H2,(H,17,18)(H,19,20). The molecular weight excluding hydrogens is 324 g/mol. The van der Waals surface area contributed by atoms with Crippen LogP contribution < -0.4 is 5.32 Å². The first kappa shape index (κ1) is 13.5. The number of carbonyl (C=O) groups excluding carboxylic acids is 1. The normalized spacial score (nSPS) is 31.2. The second kappa shape index (κ2) is 5.16. The van der Waals surface area contributed by atoms with Crippen LogP contribution in [-0.4, -0.2) is 28.0 Å². The van der Waals surface area contributed by atoms with Gasteiger partial charge in [-0.2, -0.15) is 0 Å². The second-order valence-electron chi connectivity index (χ2n) is 5.56. The number of nitrogens with zero attached hydrogens (tertiary/aromatic N) is 1. The third kappa shape index (κ3) is 2.32. The fourth-order valence-electron chi connectivity index (χ4n) is 3.59. The number of hydrogen-bond acceptors (Lipinski definition) is 3. The van der Waals surface area contributed by atoms with E-state index in [1.807, 2.05) is 0 Å². The van der Waals surface area contributed by atoms with Gasteiger partial charge in [0.15, 0.2) is 0 Å². The Kier molecular flexibility index (Phi) is 3.50. The molecule has 1 amide bonds. The third-order valence-corrected chi connectivity index (χ3v) is 4.93. The molecule has 6 heteroatoms. The highest BCUT2D eigenvalue weighted by Crippen LogP contribution is 2.48. The number of aromatic nitrogens is 1. The van der Waals surface area contributed by atoms with Crippen LogP contribution in [-0.2, 0) is 4.79 Å².